The van der Waals surface area contributed by atoms with Crippen LogP contribution in [0.5, 0.6) is 0 Å². The summed E-state index contributed by atoms with van der Waals surface area (Å²) in [5, 5.41) is 0. The number of aromatic nitrogens is 1. The molecule has 0 aliphatic carbocycles. The second kappa shape index (κ2) is 4.72. The van der Waals surface area contributed by atoms with Crippen molar-refractivity contribution in [3.63, 3.8) is 0 Å². The van der Waals surface area contributed by atoms with Gasteiger partial charge in [-0.2, -0.15) is 0 Å². The van der Waals surface area contributed by atoms with Crippen LogP contribution in [-0.4, -0.2) is 48.6 Å². The van der Waals surface area contributed by atoms with Crippen LogP contribution >= 0.6 is 0 Å². The van der Waals surface area contributed by atoms with Crippen LogP contribution in [0.3, 0.4) is 0 Å². The van der Waals surface area contributed by atoms with E-state index >= 15 is 0 Å². The Balaban J connectivity index is 0.000000810. The van der Waals surface area contributed by atoms with E-state index in [1.54, 1.807) is 12.4 Å². The van der Waals surface area contributed by atoms with E-state index < -0.39 is 0 Å². The van der Waals surface area contributed by atoms with Crippen molar-refractivity contribution in [3.8, 4) is 0 Å². The fourth-order valence-electron chi connectivity index (χ4n) is 0.642. The fourth-order valence-corrected chi connectivity index (χ4v) is 0.642. The monoisotopic (exact) mass is 145 g/mol. The Bertz CT molecular complexity index is 174. The van der Waals surface area contributed by atoms with Gasteiger partial charge in [-0.3, -0.25) is 4.98 Å². The second-order valence-electron chi connectivity index (χ2n) is 2.10. The minimum absolute atomic E-state index is 0. The summed E-state index contributed by atoms with van der Waals surface area (Å²) in [6.07, 6.45) is 3.57. The predicted molar refractivity (Wildman–Crippen MR) is 44.3 cm³/mol. The van der Waals surface area contributed by atoms with E-state index in [1.807, 2.05) is 31.1 Å². The zero-order valence-corrected chi connectivity index (χ0v) is 8.70. The summed E-state index contributed by atoms with van der Waals surface area (Å²) in [5.41, 5.74) is 1.19. The molecule has 0 aliphatic heterocycles. The molecule has 0 amide bonds. The summed E-state index contributed by atoms with van der Waals surface area (Å²) in [6, 6.07) is 3.94. The van der Waals surface area contributed by atoms with Gasteiger partial charge in [-0.1, -0.05) is 0 Å². The Kier molecular flexibility index (Phi) is 4.69. The van der Waals surface area contributed by atoms with Crippen molar-refractivity contribution in [2.75, 3.05) is 19.0 Å². The number of nitrogens with zero attached hydrogens (tertiary/aromatic N) is 2. The van der Waals surface area contributed by atoms with Crippen LogP contribution in [0.4, 0.5) is 5.69 Å². The molecule has 2 nitrogen and oxygen atoms in total. The molecule has 0 spiro atoms. The van der Waals surface area contributed by atoms with Gasteiger partial charge in [0.1, 0.15) is 0 Å². The van der Waals surface area contributed by atoms with E-state index in [2.05, 4.69) is 4.98 Å². The quantitative estimate of drug-likeness (QED) is 0.542. The molecule has 1 aromatic heterocycles. The Hall–Kier alpha value is -0.0500. The van der Waals surface area contributed by atoms with E-state index in [0.29, 0.717) is 0 Å². The van der Waals surface area contributed by atoms with Crippen LogP contribution < -0.4 is 4.90 Å². The van der Waals surface area contributed by atoms with Crippen LogP contribution in [0.25, 0.3) is 0 Å². The third-order valence-corrected chi connectivity index (χ3v) is 1.18. The van der Waals surface area contributed by atoms with Crippen molar-refractivity contribution >= 4 is 35.2 Å². The maximum atomic E-state index is 3.90. The fraction of sp³-hybridized carbons (Fsp3) is 0.286. The van der Waals surface area contributed by atoms with Gasteiger partial charge in [0, 0.05) is 61.7 Å². The van der Waals surface area contributed by atoms with Gasteiger partial charge in [-0.15, -0.1) is 0 Å². The summed E-state index contributed by atoms with van der Waals surface area (Å²) in [7, 11) is 4.02. The summed E-state index contributed by atoms with van der Waals surface area (Å²) < 4.78 is 0. The maximum Gasteiger partial charge on any atom is 0.0391 e. The van der Waals surface area contributed by atoms with Crippen molar-refractivity contribution in [1.82, 2.24) is 4.98 Å². The number of anilines is 1. The van der Waals surface area contributed by atoms with Gasteiger partial charge in [0.05, 0.1) is 0 Å². The predicted octanol–water partition coefficient (Wildman–Crippen LogP) is 0.767. The molecule has 0 bridgehead atoms. The van der Waals surface area contributed by atoms with Crippen LogP contribution in [0.1, 0.15) is 0 Å². The van der Waals surface area contributed by atoms with Crippen LogP contribution in [0, 0.1) is 0 Å². The van der Waals surface area contributed by atoms with Gasteiger partial charge in [-0.25, -0.2) is 0 Å². The first-order valence-electron chi connectivity index (χ1n) is 2.88. The van der Waals surface area contributed by atoms with Gasteiger partial charge >= 0.3 is 0 Å². The Morgan fingerprint density at radius 2 is 1.70 bits per heavy atom. The van der Waals surface area contributed by atoms with Gasteiger partial charge in [0.2, 0.25) is 0 Å². The molecule has 0 fully saturated rings. The molecule has 1 radical (unpaired) electrons. The standard InChI is InChI=1S/C7H10N2.Na/c1-9(2)7-3-5-8-6-4-7;/h3-6H,1-2H3;. The van der Waals surface area contributed by atoms with Crippen LogP contribution in [0.15, 0.2) is 24.5 Å². The van der Waals surface area contributed by atoms with Crippen molar-refractivity contribution in [3.05, 3.63) is 24.5 Å². The Morgan fingerprint density at radius 3 is 2.00 bits per heavy atom. The van der Waals surface area contributed by atoms with E-state index in [4.69, 9.17) is 0 Å². The van der Waals surface area contributed by atoms with Crippen molar-refractivity contribution < 1.29 is 0 Å². The normalized spacial score (nSPS) is 8.20. The minimum atomic E-state index is 0. The largest absolute Gasteiger partial charge is 0.378 e. The van der Waals surface area contributed by atoms with Crippen LogP contribution in [-0.2, 0) is 0 Å². The Labute approximate surface area is 83.6 Å². The molecule has 0 saturated heterocycles. The third kappa shape index (κ3) is 2.69. The molecule has 0 aromatic carbocycles. The smallest absolute Gasteiger partial charge is 0.0391 e. The molecule has 0 aliphatic rings. The average molecular weight is 145 g/mol. The van der Waals surface area contributed by atoms with Crippen molar-refractivity contribution in [2.24, 2.45) is 0 Å². The molecule has 0 saturated carbocycles. The molecule has 1 aromatic rings. The maximum absolute atomic E-state index is 3.90. The van der Waals surface area contributed by atoms with Gasteiger partial charge in [0.15, 0.2) is 0 Å². The molecule has 10 heavy (non-hydrogen) atoms. The Morgan fingerprint density at radius 1 is 1.20 bits per heavy atom. The van der Waals surface area contributed by atoms with E-state index in [-0.39, 0.29) is 29.6 Å². The summed E-state index contributed by atoms with van der Waals surface area (Å²) in [5.74, 6) is 0. The van der Waals surface area contributed by atoms with Crippen molar-refractivity contribution in [1.29, 1.82) is 0 Å². The molecule has 0 N–H and O–H groups in total. The minimum Gasteiger partial charge on any atom is -0.378 e. The average Bonchev–Trinajstić information content (AvgIpc) is 1.90. The summed E-state index contributed by atoms with van der Waals surface area (Å²) in [4.78, 5) is 5.94. The topological polar surface area (TPSA) is 16.1 Å². The zero-order chi connectivity index (χ0) is 6.69. The molecule has 1 heterocycles. The van der Waals surface area contributed by atoms with Gasteiger partial charge < -0.3 is 4.90 Å². The number of pyridine rings is 1. The van der Waals surface area contributed by atoms with E-state index in [0.717, 1.165) is 0 Å². The second-order valence-corrected chi connectivity index (χ2v) is 2.10. The molecular formula is C7H10N2Na. The van der Waals surface area contributed by atoms with Gasteiger partial charge in [-0.05, 0) is 12.1 Å². The molecule has 0 atom stereocenters. The van der Waals surface area contributed by atoms with E-state index in [1.165, 1.54) is 5.69 Å². The third-order valence-electron chi connectivity index (χ3n) is 1.18. The van der Waals surface area contributed by atoms with Gasteiger partial charge in [0.25, 0.3) is 0 Å². The number of hydrogen-bond acceptors (Lipinski definition) is 2. The number of hydrogen-bond donors (Lipinski definition) is 0. The summed E-state index contributed by atoms with van der Waals surface area (Å²) in [6.45, 7) is 0. The van der Waals surface area contributed by atoms with Crippen LogP contribution in [0.2, 0.25) is 0 Å². The first-order chi connectivity index (χ1) is 4.30. The summed E-state index contributed by atoms with van der Waals surface area (Å²) >= 11 is 0. The molecule has 0 unspecified atom stereocenters. The number of rotatable bonds is 1. The zero-order valence-electron chi connectivity index (χ0n) is 6.70. The van der Waals surface area contributed by atoms with Crippen molar-refractivity contribution in [2.45, 2.75) is 0 Å². The molecule has 1 rings (SSSR count). The molecule has 49 valence electrons. The SMILES string of the molecule is CN(C)c1ccncc1.[Na]. The van der Waals surface area contributed by atoms with E-state index in [9.17, 15) is 0 Å². The first-order valence-corrected chi connectivity index (χ1v) is 2.88. The molecule has 3 heteroatoms. The first kappa shape index (κ1) is 9.95. The molecular weight excluding hydrogens is 135 g/mol.